The van der Waals surface area contributed by atoms with Crippen molar-refractivity contribution in [1.82, 2.24) is 4.90 Å². The highest BCUT2D eigenvalue weighted by Gasteiger charge is 2.41. The van der Waals surface area contributed by atoms with Gasteiger partial charge in [0.15, 0.2) is 9.84 Å². The standard InChI is InChI=1S/C13H16ClNO4S/c1-2-15(11-7-20(18,19)8-12(11)16)13(17)9-3-5-10(14)6-4-9/h3-6,11-12,16H,2,7-8H2,1H3/t11-,12-/m0/s1. The van der Waals surface area contributed by atoms with Gasteiger partial charge in [-0.2, -0.15) is 0 Å². The van der Waals surface area contributed by atoms with E-state index in [1.807, 2.05) is 0 Å². The Morgan fingerprint density at radius 1 is 1.35 bits per heavy atom. The minimum atomic E-state index is -3.29. The topological polar surface area (TPSA) is 74.7 Å². The number of likely N-dealkylation sites (N-methyl/N-ethyl adjacent to an activating group) is 1. The summed E-state index contributed by atoms with van der Waals surface area (Å²) in [7, 11) is -3.29. The third-order valence-electron chi connectivity index (χ3n) is 3.39. The monoisotopic (exact) mass is 317 g/mol. The second-order valence-electron chi connectivity index (χ2n) is 4.81. The summed E-state index contributed by atoms with van der Waals surface area (Å²) in [5, 5.41) is 10.4. The number of carbonyl (C=O) groups is 1. The maximum absolute atomic E-state index is 12.4. The van der Waals surface area contributed by atoms with Crippen molar-refractivity contribution in [3.63, 3.8) is 0 Å². The Labute approximate surface area is 123 Å². The van der Waals surface area contributed by atoms with E-state index in [9.17, 15) is 18.3 Å². The Kier molecular flexibility index (Phi) is 4.36. The van der Waals surface area contributed by atoms with Gasteiger partial charge in [0.2, 0.25) is 0 Å². The Hall–Kier alpha value is -1.11. The molecule has 20 heavy (non-hydrogen) atoms. The molecule has 0 unspecified atom stereocenters. The number of benzene rings is 1. The van der Waals surface area contributed by atoms with Gasteiger partial charge in [-0.3, -0.25) is 4.79 Å². The van der Waals surface area contributed by atoms with Crippen LogP contribution in [0, 0.1) is 0 Å². The van der Waals surface area contributed by atoms with Gasteiger partial charge < -0.3 is 10.0 Å². The largest absolute Gasteiger partial charge is 0.390 e. The van der Waals surface area contributed by atoms with Gasteiger partial charge in [-0.25, -0.2) is 8.42 Å². The SMILES string of the molecule is CCN(C(=O)c1ccc(Cl)cc1)[C@H]1CS(=O)(=O)C[C@@H]1O. The first-order chi connectivity index (χ1) is 9.34. The number of aliphatic hydroxyl groups excluding tert-OH is 1. The fraction of sp³-hybridized carbons (Fsp3) is 0.462. The van der Waals surface area contributed by atoms with Crippen molar-refractivity contribution in [3.05, 3.63) is 34.9 Å². The zero-order valence-electron chi connectivity index (χ0n) is 11.0. The first-order valence-corrected chi connectivity index (χ1v) is 8.49. The number of hydrogen-bond donors (Lipinski definition) is 1. The Bertz CT molecular complexity index is 599. The highest BCUT2D eigenvalue weighted by atomic mass is 35.5. The molecular weight excluding hydrogens is 302 g/mol. The van der Waals surface area contributed by atoms with Crippen LogP contribution in [0.1, 0.15) is 17.3 Å². The van der Waals surface area contributed by atoms with Crippen LogP contribution in [0.2, 0.25) is 5.02 Å². The molecule has 1 aliphatic heterocycles. The van der Waals surface area contributed by atoms with Gasteiger partial charge in [0.05, 0.1) is 23.7 Å². The first-order valence-electron chi connectivity index (χ1n) is 6.29. The summed E-state index contributed by atoms with van der Waals surface area (Å²) < 4.78 is 23.1. The fourth-order valence-corrected chi connectivity index (χ4v) is 4.32. The molecule has 0 spiro atoms. The summed E-state index contributed by atoms with van der Waals surface area (Å²) in [5.41, 5.74) is 0.424. The van der Waals surface area contributed by atoms with E-state index in [2.05, 4.69) is 0 Å². The van der Waals surface area contributed by atoms with Crippen LogP contribution in [-0.4, -0.2) is 54.5 Å². The van der Waals surface area contributed by atoms with Crippen molar-refractivity contribution in [3.8, 4) is 0 Å². The number of rotatable bonds is 3. The molecule has 1 N–H and O–H groups in total. The predicted octanol–water partition coefficient (Wildman–Crippen LogP) is 0.960. The smallest absolute Gasteiger partial charge is 0.254 e. The van der Waals surface area contributed by atoms with E-state index < -0.39 is 22.0 Å². The summed E-state index contributed by atoms with van der Waals surface area (Å²) in [5.74, 6) is -0.783. The summed E-state index contributed by atoms with van der Waals surface area (Å²) in [6.45, 7) is 2.09. The molecule has 7 heteroatoms. The van der Waals surface area contributed by atoms with Crippen molar-refractivity contribution < 1.29 is 18.3 Å². The summed E-state index contributed by atoms with van der Waals surface area (Å²) in [6.07, 6.45) is -1.03. The molecule has 5 nitrogen and oxygen atoms in total. The zero-order valence-corrected chi connectivity index (χ0v) is 12.6. The molecule has 1 saturated heterocycles. The summed E-state index contributed by atoms with van der Waals surface area (Å²) >= 11 is 5.77. The number of hydrogen-bond acceptors (Lipinski definition) is 4. The number of carbonyl (C=O) groups excluding carboxylic acids is 1. The minimum Gasteiger partial charge on any atom is -0.390 e. The van der Waals surface area contributed by atoms with Gasteiger partial charge in [-0.05, 0) is 31.2 Å². The van der Waals surface area contributed by atoms with Crippen molar-refractivity contribution >= 4 is 27.3 Å². The van der Waals surface area contributed by atoms with E-state index in [4.69, 9.17) is 11.6 Å². The molecule has 1 amide bonds. The van der Waals surface area contributed by atoms with E-state index in [0.717, 1.165) is 0 Å². The van der Waals surface area contributed by atoms with Gasteiger partial charge in [-0.15, -0.1) is 0 Å². The molecule has 0 saturated carbocycles. The van der Waals surface area contributed by atoms with E-state index >= 15 is 0 Å². The normalized spacial score (nSPS) is 24.6. The number of halogens is 1. The van der Waals surface area contributed by atoms with E-state index in [-0.39, 0.29) is 17.4 Å². The lowest BCUT2D eigenvalue weighted by molar-refractivity contribution is 0.0521. The van der Waals surface area contributed by atoms with Crippen LogP contribution in [0.5, 0.6) is 0 Å². The first kappa shape index (κ1) is 15.3. The highest BCUT2D eigenvalue weighted by molar-refractivity contribution is 7.91. The van der Waals surface area contributed by atoms with Crippen LogP contribution in [0.15, 0.2) is 24.3 Å². The second kappa shape index (κ2) is 5.71. The van der Waals surface area contributed by atoms with Gasteiger partial charge in [0, 0.05) is 17.1 Å². The van der Waals surface area contributed by atoms with Crippen molar-refractivity contribution in [2.45, 2.75) is 19.1 Å². The molecule has 0 radical (unpaired) electrons. The van der Waals surface area contributed by atoms with Crippen LogP contribution in [0.4, 0.5) is 0 Å². The Balaban J connectivity index is 2.24. The lowest BCUT2D eigenvalue weighted by Gasteiger charge is -2.29. The van der Waals surface area contributed by atoms with Crippen LogP contribution in [0.3, 0.4) is 0 Å². The van der Waals surface area contributed by atoms with Gasteiger partial charge >= 0.3 is 0 Å². The Morgan fingerprint density at radius 3 is 2.40 bits per heavy atom. The van der Waals surface area contributed by atoms with E-state index in [1.54, 1.807) is 31.2 Å². The molecule has 1 aliphatic rings. The lowest BCUT2D eigenvalue weighted by atomic mass is 10.1. The molecular formula is C13H16ClNO4S. The molecule has 1 heterocycles. The molecule has 0 aliphatic carbocycles. The predicted molar refractivity (Wildman–Crippen MR) is 76.6 cm³/mol. The fourth-order valence-electron chi connectivity index (χ4n) is 2.40. The molecule has 2 rings (SSSR count). The number of sulfone groups is 1. The third-order valence-corrected chi connectivity index (χ3v) is 5.34. The molecule has 1 fully saturated rings. The average Bonchev–Trinajstić information content (AvgIpc) is 2.64. The van der Waals surface area contributed by atoms with Crippen LogP contribution >= 0.6 is 11.6 Å². The zero-order chi connectivity index (χ0) is 14.9. The van der Waals surface area contributed by atoms with E-state index in [1.165, 1.54) is 4.90 Å². The molecule has 1 aromatic carbocycles. The van der Waals surface area contributed by atoms with Gasteiger partial charge in [0.25, 0.3) is 5.91 Å². The molecule has 1 aromatic rings. The molecule has 2 atom stereocenters. The molecule has 110 valence electrons. The van der Waals surface area contributed by atoms with Crippen LogP contribution in [-0.2, 0) is 9.84 Å². The lowest BCUT2D eigenvalue weighted by Crippen LogP contribution is -2.46. The summed E-state index contributed by atoms with van der Waals surface area (Å²) in [6, 6.07) is 5.69. The maximum Gasteiger partial charge on any atom is 0.254 e. The number of nitrogens with zero attached hydrogens (tertiary/aromatic N) is 1. The average molecular weight is 318 g/mol. The van der Waals surface area contributed by atoms with Gasteiger partial charge in [0.1, 0.15) is 0 Å². The summed E-state index contributed by atoms with van der Waals surface area (Å²) in [4.78, 5) is 13.8. The minimum absolute atomic E-state index is 0.193. The number of aliphatic hydroxyl groups is 1. The van der Waals surface area contributed by atoms with Crippen LogP contribution in [0.25, 0.3) is 0 Å². The highest BCUT2D eigenvalue weighted by Crippen LogP contribution is 2.21. The second-order valence-corrected chi connectivity index (χ2v) is 7.40. The van der Waals surface area contributed by atoms with Gasteiger partial charge in [-0.1, -0.05) is 11.6 Å². The Morgan fingerprint density at radius 2 is 1.95 bits per heavy atom. The van der Waals surface area contributed by atoms with Crippen molar-refractivity contribution in [2.75, 3.05) is 18.1 Å². The molecule has 0 aromatic heterocycles. The molecule has 0 bridgehead atoms. The van der Waals surface area contributed by atoms with Crippen LogP contribution < -0.4 is 0 Å². The maximum atomic E-state index is 12.4. The third kappa shape index (κ3) is 3.13. The van der Waals surface area contributed by atoms with E-state index in [0.29, 0.717) is 17.1 Å². The quantitative estimate of drug-likeness (QED) is 0.901. The van der Waals surface area contributed by atoms with Crippen molar-refractivity contribution in [2.24, 2.45) is 0 Å². The number of amides is 1. The van der Waals surface area contributed by atoms with Crippen molar-refractivity contribution in [1.29, 1.82) is 0 Å².